The van der Waals surface area contributed by atoms with E-state index < -0.39 is 0 Å². The highest BCUT2D eigenvalue weighted by Gasteiger charge is 2.17. The molecule has 0 spiro atoms. The predicted octanol–water partition coefficient (Wildman–Crippen LogP) is -0.580. The number of rotatable bonds is 0. The van der Waals surface area contributed by atoms with E-state index in [1.165, 1.54) is 0 Å². The van der Waals surface area contributed by atoms with Gasteiger partial charge in [0.2, 0.25) is 0 Å². The van der Waals surface area contributed by atoms with Crippen LogP contribution in [0.2, 0.25) is 0 Å². The van der Waals surface area contributed by atoms with Crippen LogP contribution in [0.3, 0.4) is 0 Å². The molecular weight excluding hydrogens is 102 g/mol. The van der Waals surface area contributed by atoms with Crippen molar-refractivity contribution in [2.45, 2.75) is 19.5 Å². The van der Waals surface area contributed by atoms with Crippen molar-refractivity contribution < 1.29 is 0 Å². The SMILES string of the molecule is CC1(C)NCCNN1. The van der Waals surface area contributed by atoms with Crippen LogP contribution >= 0.6 is 0 Å². The fourth-order valence-electron chi connectivity index (χ4n) is 0.765. The van der Waals surface area contributed by atoms with Gasteiger partial charge < -0.3 is 0 Å². The molecular formula is C5H13N3. The lowest BCUT2D eigenvalue weighted by Gasteiger charge is -2.32. The van der Waals surface area contributed by atoms with Crippen LogP contribution in [-0.4, -0.2) is 18.8 Å². The quantitative estimate of drug-likeness (QED) is 0.395. The van der Waals surface area contributed by atoms with E-state index in [2.05, 4.69) is 30.0 Å². The summed E-state index contributed by atoms with van der Waals surface area (Å²) >= 11 is 0. The van der Waals surface area contributed by atoms with Crippen molar-refractivity contribution in [2.24, 2.45) is 0 Å². The summed E-state index contributed by atoms with van der Waals surface area (Å²) in [5.41, 5.74) is 6.23. The monoisotopic (exact) mass is 115 g/mol. The summed E-state index contributed by atoms with van der Waals surface area (Å²) in [4.78, 5) is 0. The fraction of sp³-hybridized carbons (Fsp3) is 1.00. The van der Waals surface area contributed by atoms with Gasteiger partial charge in [-0.25, -0.2) is 5.43 Å². The fourth-order valence-corrected chi connectivity index (χ4v) is 0.765. The minimum atomic E-state index is 0.0677. The molecule has 0 unspecified atom stereocenters. The van der Waals surface area contributed by atoms with Crippen molar-refractivity contribution in [2.75, 3.05) is 13.1 Å². The number of hydrazine groups is 1. The third-order valence-electron chi connectivity index (χ3n) is 1.22. The summed E-state index contributed by atoms with van der Waals surface area (Å²) in [6.45, 7) is 6.24. The molecule has 0 aliphatic carbocycles. The van der Waals surface area contributed by atoms with Gasteiger partial charge in [-0.05, 0) is 13.8 Å². The van der Waals surface area contributed by atoms with Gasteiger partial charge in [-0.3, -0.25) is 10.7 Å². The van der Waals surface area contributed by atoms with E-state index in [-0.39, 0.29) is 5.66 Å². The van der Waals surface area contributed by atoms with Crippen molar-refractivity contribution in [1.82, 2.24) is 16.2 Å². The van der Waals surface area contributed by atoms with Gasteiger partial charge in [-0.2, -0.15) is 0 Å². The second kappa shape index (κ2) is 2.01. The Morgan fingerprint density at radius 3 is 2.25 bits per heavy atom. The maximum absolute atomic E-state index is 3.28. The summed E-state index contributed by atoms with van der Waals surface area (Å²) in [5.74, 6) is 0. The van der Waals surface area contributed by atoms with Crippen molar-refractivity contribution >= 4 is 0 Å². The Balaban J connectivity index is 2.33. The lowest BCUT2D eigenvalue weighted by molar-refractivity contribution is 0.228. The largest absolute Gasteiger partial charge is 0.297 e. The molecule has 0 aromatic rings. The zero-order valence-electron chi connectivity index (χ0n) is 5.41. The zero-order valence-corrected chi connectivity index (χ0v) is 5.41. The van der Waals surface area contributed by atoms with Crippen LogP contribution in [0.5, 0.6) is 0 Å². The highest BCUT2D eigenvalue weighted by molar-refractivity contribution is 4.75. The van der Waals surface area contributed by atoms with E-state index in [0.29, 0.717) is 0 Å². The van der Waals surface area contributed by atoms with Crippen LogP contribution in [0.15, 0.2) is 0 Å². The first-order valence-electron chi connectivity index (χ1n) is 2.96. The van der Waals surface area contributed by atoms with Gasteiger partial charge in [-0.1, -0.05) is 0 Å². The Morgan fingerprint density at radius 2 is 2.00 bits per heavy atom. The molecule has 3 N–H and O–H groups in total. The highest BCUT2D eigenvalue weighted by atomic mass is 15.5. The minimum absolute atomic E-state index is 0.0677. The summed E-state index contributed by atoms with van der Waals surface area (Å²) in [6.07, 6.45) is 0. The average Bonchev–Trinajstić information content (AvgIpc) is 1.65. The lowest BCUT2D eigenvalue weighted by atomic mass is 10.2. The Hall–Kier alpha value is -0.120. The third-order valence-corrected chi connectivity index (χ3v) is 1.22. The molecule has 0 amide bonds. The molecule has 1 saturated heterocycles. The topological polar surface area (TPSA) is 36.1 Å². The number of hydrogen-bond acceptors (Lipinski definition) is 3. The lowest BCUT2D eigenvalue weighted by Crippen LogP contribution is -2.63. The molecule has 0 radical (unpaired) electrons. The van der Waals surface area contributed by atoms with Crippen LogP contribution in [0, 0.1) is 0 Å². The molecule has 1 heterocycles. The molecule has 3 nitrogen and oxygen atoms in total. The van der Waals surface area contributed by atoms with Crippen LogP contribution in [-0.2, 0) is 0 Å². The first-order valence-corrected chi connectivity index (χ1v) is 2.96. The summed E-state index contributed by atoms with van der Waals surface area (Å²) in [7, 11) is 0. The van der Waals surface area contributed by atoms with E-state index in [9.17, 15) is 0 Å². The van der Waals surface area contributed by atoms with E-state index in [1.54, 1.807) is 0 Å². The van der Waals surface area contributed by atoms with Gasteiger partial charge in [0.05, 0.1) is 5.66 Å². The first-order chi connectivity index (χ1) is 3.71. The van der Waals surface area contributed by atoms with Crippen molar-refractivity contribution in [3.05, 3.63) is 0 Å². The molecule has 0 bridgehead atoms. The molecule has 0 aromatic carbocycles. The maximum Gasteiger partial charge on any atom is 0.0760 e. The molecule has 8 heavy (non-hydrogen) atoms. The molecule has 1 aliphatic heterocycles. The Bertz CT molecular complexity index is 71.7. The molecule has 1 rings (SSSR count). The molecule has 48 valence electrons. The average molecular weight is 115 g/mol. The summed E-state index contributed by atoms with van der Waals surface area (Å²) in [5, 5.41) is 3.28. The smallest absolute Gasteiger partial charge is 0.0760 e. The standard InChI is InChI=1S/C5H13N3/c1-5(2)6-3-4-7-8-5/h6-8H,3-4H2,1-2H3. The maximum atomic E-state index is 3.28. The van der Waals surface area contributed by atoms with Gasteiger partial charge in [0.25, 0.3) is 0 Å². The molecule has 3 heteroatoms. The van der Waals surface area contributed by atoms with Crippen molar-refractivity contribution in [3.8, 4) is 0 Å². The molecule has 1 fully saturated rings. The molecule has 0 saturated carbocycles. The number of hydrogen-bond donors (Lipinski definition) is 3. The molecule has 0 atom stereocenters. The molecule has 0 aromatic heterocycles. The number of nitrogens with one attached hydrogen (secondary N) is 3. The predicted molar refractivity (Wildman–Crippen MR) is 33.2 cm³/mol. The van der Waals surface area contributed by atoms with Crippen molar-refractivity contribution in [1.29, 1.82) is 0 Å². The Kier molecular flexibility index (Phi) is 1.51. The Labute approximate surface area is 49.8 Å². The second-order valence-electron chi connectivity index (χ2n) is 2.60. The second-order valence-corrected chi connectivity index (χ2v) is 2.60. The van der Waals surface area contributed by atoms with E-state index in [0.717, 1.165) is 13.1 Å². The van der Waals surface area contributed by atoms with Crippen LogP contribution in [0.4, 0.5) is 0 Å². The normalized spacial score (nSPS) is 27.8. The van der Waals surface area contributed by atoms with E-state index >= 15 is 0 Å². The third kappa shape index (κ3) is 1.43. The van der Waals surface area contributed by atoms with Gasteiger partial charge in [-0.15, -0.1) is 0 Å². The van der Waals surface area contributed by atoms with E-state index in [1.807, 2.05) is 0 Å². The Morgan fingerprint density at radius 1 is 1.25 bits per heavy atom. The summed E-state index contributed by atoms with van der Waals surface area (Å²) in [6, 6.07) is 0. The minimum Gasteiger partial charge on any atom is -0.297 e. The van der Waals surface area contributed by atoms with Gasteiger partial charge in [0, 0.05) is 13.1 Å². The molecule has 1 aliphatic rings. The van der Waals surface area contributed by atoms with Gasteiger partial charge in [0.1, 0.15) is 0 Å². The van der Waals surface area contributed by atoms with Crippen LogP contribution in [0.1, 0.15) is 13.8 Å². The zero-order chi connectivity index (χ0) is 6.04. The van der Waals surface area contributed by atoms with Gasteiger partial charge >= 0.3 is 0 Å². The highest BCUT2D eigenvalue weighted by Crippen LogP contribution is 1.94. The van der Waals surface area contributed by atoms with Crippen LogP contribution < -0.4 is 16.2 Å². The van der Waals surface area contributed by atoms with E-state index in [4.69, 9.17) is 0 Å². The summed E-state index contributed by atoms with van der Waals surface area (Å²) < 4.78 is 0. The van der Waals surface area contributed by atoms with Crippen molar-refractivity contribution in [3.63, 3.8) is 0 Å². The first kappa shape index (κ1) is 6.01. The van der Waals surface area contributed by atoms with Gasteiger partial charge in [0.15, 0.2) is 0 Å². The van der Waals surface area contributed by atoms with Crippen LogP contribution in [0.25, 0.3) is 0 Å².